The maximum atomic E-state index is 11.8. The van der Waals surface area contributed by atoms with Gasteiger partial charge in [0.1, 0.15) is 0 Å². The maximum Gasteiger partial charge on any atom is 0.252 e. The molecule has 0 radical (unpaired) electrons. The van der Waals surface area contributed by atoms with Crippen LogP contribution in [0.3, 0.4) is 0 Å². The molecule has 1 rings (SSSR count). The number of benzene rings is 1. The van der Waals surface area contributed by atoms with Crippen LogP contribution < -0.4 is 5.32 Å². The summed E-state index contributed by atoms with van der Waals surface area (Å²) < 4.78 is 0.724. The number of carbonyl (C=O) groups is 1. The fourth-order valence-corrected chi connectivity index (χ4v) is 2.04. The third-order valence-electron chi connectivity index (χ3n) is 2.48. The molecule has 0 fully saturated rings. The lowest BCUT2D eigenvalue weighted by atomic mass is 10.1. The second-order valence-corrected chi connectivity index (χ2v) is 5.14. The first-order valence-electron chi connectivity index (χ1n) is 5.27. The van der Waals surface area contributed by atoms with E-state index in [2.05, 4.69) is 35.1 Å². The van der Waals surface area contributed by atoms with Crippen LogP contribution in [-0.4, -0.2) is 12.5 Å². The van der Waals surface area contributed by atoms with E-state index < -0.39 is 0 Å². The average Bonchev–Trinajstić information content (AvgIpc) is 2.25. The van der Waals surface area contributed by atoms with E-state index in [1.807, 2.05) is 0 Å². The van der Waals surface area contributed by atoms with Gasteiger partial charge in [-0.25, -0.2) is 0 Å². The van der Waals surface area contributed by atoms with Gasteiger partial charge in [-0.1, -0.05) is 31.9 Å². The van der Waals surface area contributed by atoms with Gasteiger partial charge >= 0.3 is 0 Å². The number of hydrogen-bond acceptors (Lipinski definition) is 1. The molecule has 1 amide bonds. The smallest absolute Gasteiger partial charge is 0.252 e. The molecule has 0 aliphatic heterocycles. The minimum atomic E-state index is -0.0659. The second-order valence-electron chi connectivity index (χ2n) is 3.85. The Hall–Kier alpha value is -0.540. The Balaban J connectivity index is 2.66. The molecule has 0 saturated carbocycles. The summed E-state index contributed by atoms with van der Waals surface area (Å²) in [6.07, 6.45) is 1.06. The zero-order valence-electron chi connectivity index (χ0n) is 9.39. The summed E-state index contributed by atoms with van der Waals surface area (Å²) in [5.74, 6) is 0.430. The number of rotatable bonds is 4. The van der Waals surface area contributed by atoms with Crippen LogP contribution in [0.5, 0.6) is 0 Å². The van der Waals surface area contributed by atoms with Gasteiger partial charge in [0.15, 0.2) is 0 Å². The van der Waals surface area contributed by atoms with Crippen LogP contribution in [0.1, 0.15) is 30.6 Å². The number of nitrogens with one attached hydrogen (secondary N) is 1. The standard InChI is InChI=1S/C12H15BrClNO/c1-3-8(2)7-15-12(16)10-5-4-9(14)6-11(10)13/h4-6,8H,3,7H2,1-2H3,(H,15,16). The van der Waals surface area contributed by atoms with Gasteiger partial charge in [-0.3, -0.25) is 4.79 Å². The highest BCUT2D eigenvalue weighted by Crippen LogP contribution is 2.21. The summed E-state index contributed by atoms with van der Waals surface area (Å²) in [6.45, 7) is 4.91. The third kappa shape index (κ3) is 3.80. The van der Waals surface area contributed by atoms with Gasteiger partial charge in [-0.15, -0.1) is 0 Å². The fraction of sp³-hybridized carbons (Fsp3) is 0.417. The Bertz CT molecular complexity index is 381. The molecule has 88 valence electrons. The Morgan fingerprint density at radius 3 is 2.81 bits per heavy atom. The zero-order chi connectivity index (χ0) is 12.1. The van der Waals surface area contributed by atoms with Gasteiger partial charge in [0, 0.05) is 16.0 Å². The van der Waals surface area contributed by atoms with Crippen molar-refractivity contribution in [1.29, 1.82) is 0 Å². The molecule has 0 spiro atoms. The van der Waals surface area contributed by atoms with Gasteiger partial charge in [0.05, 0.1) is 5.56 Å². The van der Waals surface area contributed by atoms with Gasteiger partial charge in [0.25, 0.3) is 5.91 Å². The molecule has 0 aliphatic carbocycles. The second kappa shape index (κ2) is 6.26. The monoisotopic (exact) mass is 303 g/mol. The lowest BCUT2D eigenvalue weighted by molar-refractivity contribution is 0.0947. The highest BCUT2D eigenvalue weighted by atomic mass is 79.9. The van der Waals surface area contributed by atoms with Crippen molar-refractivity contribution < 1.29 is 4.79 Å². The summed E-state index contributed by atoms with van der Waals surface area (Å²) in [7, 11) is 0. The predicted octanol–water partition coefficient (Wildman–Crippen LogP) is 3.88. The number of hydrogen-bond donors (Lipinski definition) is 1. The van der Waals surface area contributed by atoms with E-state index in [0.29, 0.717) is 23.0 Å². The zero-order valence-corrected chi connectivity index (χ0v) is 11.7. The number of amides is 1. The molecule has 1 aromatic rings. The highest BCUT2D eigenvalue weighted by molar-refractivity contribution is 9.10. The highest BCUT2D eigenvalue weighted by Gasteiger charge is 2.10. The van der Waals surface area contributed by atoms with E-state index in [4.69, 9.17) is 11.6 Å². The van der Waals surface area contributed by atoms with Crippen LogP contribution in [0.4, 0.5) is 0 Å². The van der Waals surface area contributed by atoms with Crippen LogP contribution in [0.25, 0.3) is 0 Å². The van der Waals surface area contributed by atoms with Crippen molar-refractivity contribution in [3.05, 3.63) is 33.3 Å². The summed E-state index contributed by atoms with van der Waals surface area (Å²) in [6, 6.07) is 5.16. The first-order valence-corrected chi connectivity index (χ1v) is 6.45. The maximum absolute atomic E-state index is 11.8. The number of carbonyl (C=O) groups excluding carboxylic acids is 1. The van der Waals surface area contributed by atoms with Crippen LogP contribution >= 0.6 is 27.5 Å². The molecule has 1 N–H and O–H groups in total. The molecular formula is C12H15BrClNO. The van der Waals surface area contributed by atoms with E-state index in [0.717, 1.165) is 10.9 Å². The van der Waals surface area contributed by atoms with E-state index in [1.54, 1.807) is 18.2 Å². The van der Waals surface area contributed by atoms with E-state index >= 15 is 0 Å². The topological polar surface area (TPSA) is 29.1 Å². The van der Waals surface area contributed by atoms with Crippen molar-refractivity contribution in [2.24, 2.45) is 5.92 Å². The van der Waals surface area contributed by atoms with E-state index in [1.165, 1.54) is 0 Å². The molecule has 0 saturated heterocycles. The molecule has 1 aromatic carbocycles. The normalized spacial score (nSPS) is 12.2. The Labute approximate surface area is 110 Å². The van der Waals surface area contributed by atoms with Crippen LogP contribution in [0, 0.1) is 5.92 Å². The largest absolute Gasteiger partial charge is 0.352 e. The molecule has 0 aliphatic rings. The van der Waals surface area contributed by atoms with Crippen LogP contribution in [0.15, 0.2) is 22.7 Å². The van der Waals surface area contributed by atoms with Gasteiger partial charge < -0.3 is 5.32 Å². The molecule has 2 nitrogen and oxygen atoms in total. The Morgan fingerprint density at radius 1 is 1.56 bits per heavy atom. The Morgan fingerprint density at radius 2 is 2.25 bits per heavy atom. The molecule has 1 atom stereocenters. The quantitative estimate of drug-likeness (QED) is 0.898. The van der Waals surface area contributed by atoms with E-state index in [9.17, 15) is 4.79 Å². The van der Waals surface area contributed by atoms with Crippen LogP contribution in [0.2, 0.25) is 5.02 Å². The minimum Gasteiger partial charge on any atom is -0.352 e. The molecule has 1 unspecified atom stereocenters. The lowest BCUT2D eigenvalue weighted by Crippen LogP contribution is -2.28. The van der Waals surface area contributed by atoms with Gasteiger partial charge in [-0.2, -0.15) is 0 Å². The van der Waals surface area contributed by atoms with Crippen molar-refractivity contribution >= 4 is 33.4 Å². The molecule has 4 heteroatoms. The molecule has 0 bridgehead atoms. The lowest BCUT2D eigenvalue weighted by Gasteiger charge is -2.11. The summed E-state index contributed by atoms with van der Waals surface area (Å²) in [4.78, 5) is 11.8. The fourth-order valence-electron chi connectivity index (χ4n) is 1.18. The summed E-state index contributed by atoms with van der Waals surface area (Å²) >= 11 is 9.14. The van der Waals surface area contributed by atoms with Crippen molar-refractivity contribution in [2.75, 3.05) is 6.54 Å². The van der Waals surface area contributed by atoms with Gasteiger partial charge in [-0.05, 0) is 40.0 Å². The van der Waals surface area contributed by atoms with E-state index in [-0.39, 0.29) is 5.91 Å². The van der Waals surface area contributed by atoms with Crippen LogP contribution in [-0.2, 0) is 0 Å². The number of halogens is 2. The first-order chi connectivity index (χ1) is 7.54. The molecule has 0 aromatic heterocycles. The van der Waals surface area contributed by atoms with Crippen molar-refractivity contribution in [3.8, 4) is 0 Å². The van der Waals surface area contributed by atoms with Gasteiger partial charge in [0.2, 0.25) is 0 Å². The van der Waals surface area contributed by atoms with Crippen molar-refractivity contribution in [1.82, 2.24) is 5.32 Å². The SMILES string of the molecule is CCC(C)CNC(=O)c1ccc(Cl)cc1Br. The predicted molar refractivity (Wildman–Crippen MR) is 70.9 cm³/mol. The minimum absolute atomic E-state index is 0.0659. The molecule has 16 heavy (non-hydrogen) atoms. The third-order valence-corrected chi connectivity index (χ3v) is 3.37. The first kappa shape index (κ1) is 13.5. The molecular weight excluding hydrogens is 289 g/mol. The van der Waals surface area contributed by atoms with Crippen molar-refractivity contribution in [3.63, 3.8) is 0 Å². The summed E-state index contributed by atoms with van der Waals surface area (Å²) in [5.41, 5.74) is 0.618. The Kier molecular flexibility index (Phi) is 5.29. The summed E-state index contributed by atoms with van der Waals surface area (Å²) in [5, 5.41) is 3.51. The average molecular weight is 305 g/mol. The molecule has 0 heterocycles. The van der Waals surface area contributed by atoms with Crippen molar-refractivity contribution in [2.45, 2.75) is 20.3 Å².